The number of nitro benzene ring substituents is 1. The molecule has 1 aromatic carbocycles. The summed E-state index contributed by atoms with van der Waals surface area (Å²) in [5.74, 6) is 0. The van der Waals surface area contributed by atoms with E-state index in [1.807, 2.05) is 13.0 Å². The Bertz CT molecular complexity index is 748. The van der Waals surface area contributed by atoms with E-state index >= 15 is 0 Å². The minimum atomic E-state index is -0.480. The fraction of sp³-hybridized carbons (Fsp3) is 0.143. The van der Waals surface area contributed by atoms with Crippen LogP contribution in [0.5, 0.6) is 0 Å². The third-order valence-electron chi connectivity index (χ3n) is 2.78. The molecule has 20 heavy (non-hydrogen) atoms. The maximum Gasteiger partial charge on any atom is 0.278 e. The fourth-order valence-electron chi connectivity index (χ4n) is 1.89. The van der Waals surface area contributed by atoms with Gasteiger partial charge in [-0.3, -0.25) is 14.9 Å². The van der Waals surface area contributed by atoms with E-state index in [2.05, 4.69) is 5.10 Å². The third-order valence-corrected chi connectivity index (χ3v) is 2.78. The molecule has 1 heterocycles. The molecule has 102 valence electrons. The molecule has 0 amide bonds. The highest BCUT2D eigenvalue weighted by molar-refractivity contribution is 5.85. The second-order valence-corrected chi connectivity index (χ2v) is 4.38. The van der Waals surface area contributed by atoms with Crippen molar-refractivity contribution in [2.45, 2.75) is 13.8 Å². The first kappa shape index (κ1) is 13.7. The molecule has 0 saturated heterocycles. The Morgan fingerprint density at radius 2 is 1.95 bits per heavy atom. The van der Waals surface area contributed by atoms with Gasteiger partial charge in [-0.25, -0.2) is 4.68 Å². The van der Waals surface area contributed by atoms with Gasteiger partial charge in [0.05, 0.1) is 16.7 Å². The third kappa shape index (κ3) is 2.80. The van der Waals surface area contributed by atoms with Crippen molar-refractivity contribution in [3.8, 4) is 0 Å². The largest absolute Gasteiger partial charge is 0.278 e. The van der Waals surface area contributed by atoms with Crippen LogP contribution in [0.4, 0.5) is 5.69 Å². The summed E-state index contributed by atoms with van der Waals surface area (Å²) in [5.41, 5.74) is 1.56. The molecule has 0 aliphatic heterocycles. The predicted molar refractivity (Wildman–Crippen MR) is 76.3 cm³/mol. The van der Waals surface area contributed by atoms with Crippen LogP contribution in [-0.4, -0.2) is 15.8 Å². The lowest BCUT2D eigenvalue weighted by atomic mass is 10.2. The highest BCUT2D eigenvalue weighted by Gasteiger charge is 2.10. The van der Waals surface area contributed by atoms with Crippen molar-refractivity contribution in [1.29, 1.82) is 0 Å². The van der Waals surface area contributed by atoms with Crippen molar-refractivity contribution >= 4 is 11.9 Å². The van der Waals surface area contributed by atoms with E-state index in [-0.39, 0.29) is 11.2 Å². The molecule has 1 aromatic heterocycles. The van der Waals surface area contributed by atoms with Gasteiger partial charge in [0.1, 0.15) is 0 Å². The zero-order valence-corrected chi connectivity index (χ0v) is 11.1. The van der Waals surface area contributed by atoms with Crippen molar-refractivity contribution in [2.24, 2.45) is 5.10 Å². The molecule has 6 heteroatoms. The van der Waals surface area contributed by atoms with Crippen LogP contribution >= 0.6 is 0 Å². The van der Waals surface area contributed by atoms with Crippen LogP contribution in [0.25, 0.3) is 0 Å². The lowest BCUT2D eigenvalue weighted by molar-refractivity contribution is -0.385. The van der Waals surface area contributed by atoms with Crippen LogP contribution in [0.3, 0.4) is 0 Å². The second-order valence-electron chi connectivity index (χ2n) is 4.38. The highest BCUT2D eigenvalue weighted by Crippen LogP contribution is 2.15. The first-order valence-electron chi connectivity index (χ1n) is 5.97. The maximum atomic E-state index is 11.8. The molecule has 0 spiro atoms. The minimum absolute atomic E-state index is 0.0472. The minimum Gasteiger partial charge on any atom is -0.267 e. The Morgan fingerprint density at radius 3 is 2.60 bits per heavy atom. The molecule has 2 rings (SSSR count). The van der Waals surface area contributed by atoms with Crippen LogP contribution in [0.2, 0.25) is 0 Å². The second kappa shape index (κ2) is 5.48. The molecular weight excluding hydrogens is 258 g/mol. The van der Waals surface area contributed by atoms with Crippen LogP contribution in [0, 0.1) is 24.0 Å². The van der Waals surface area contributed by atoms with Crippen LogP contribution in [0.1, 0.15) is 16.8 Å². The van der Waals surface area contributed by atoms with E-state index in [1.165, 1.54) is 23.0 Å². The van der Waals surface area contributed by atoms with E-state index in [4.69, 9.17) is 0 Å². The van der Waals surface area contributed by atoms with E-state index in [0.29, 0.717) is 11.3 Å². The lowest BCUT2D eigenvalue weighted by Crippen LogP contribution is -2.18. The molecule has 0 atom stereocenters. The molecule has 0 saturated carbocycles. The van der Waals surface area contributed by atoms with Crippen molar-refractivity contribution < 1.29 is 4.92 Å². The fourth-order valence-corrected chi connectivity index (χ4v) is 1.89. The van der Waals surface area contributed by atoms with Gasteiger partial charge in [-0.2, -0.15) is 5.10 Å². The van der Waals surface area contributed by atoms with Crippen LogP contribution < -0.4 is 5.56 Å². The number of pyridine rings is 1. The van der Waals surface area contributed by atoms with Gasteiger partial charge in [-0.05, 0) is 31.5 Å². The summed E-state index contributed by atoms with van der Waals surface area (Å²) in [5, 5.41) is 14.9. The van der Waals surface area contributed by atoms with E-state index in [1.54, 1.807) is 25.1 Å². The number of nitrogens with zero attached hydrogens (tertiary/aromatic N) is 3. The Labute approximate surface area is 115 Å². The zero-order chi connectivity index (χ0) is 14.7. The van der Waals surface area contributed by atoms with E-state index in [0.717, 1.165) is 5.56 Å². The van der Waals surface area contributed by atoms with Crippen molar-refractivity contribution in [3.63, 3.8) is 0 Å². The Kier molecular flexibility index (Phi) is 3.74. The molecular formula is C14H13N3O3. The predicted octanol–water partition coefficient (Wildman–Crippen LogP) is 2.26. The van der Waals surface area contributed by atoms with Crippen molar-refractivity contribution in [1.82, 2.24) is 4.68 Å². The van der Waals surface area contributed by atoms with E-state index < -0.39 is 4.92 Å². The zero-order valence-electron chi connectivity index (χ0n) is 11.1. The number of aryl methyl sites for hydroxylation is 2. The van der Waals surface area contributed by atoms with Gasteiger partial charge in [0.15, 0.2) is 0 Å². The number of hydrogen-bond donors (Lipinski definition) is 0. The molecule has 0 fully saturated rings. The maximum absolute atomic E-state index is 11.8. The monoisotopic (exact) mass is 271 g/mol. The molecule has 0 aliphatic carbocycles. The van der Waals surface area contributed by atoms with Gasteiger partial charge in [-0.1, -0.05) is 12.1 Å². The summed E-state index contributed by atoms with van der Waals surface area (Å²) in [4.78, 5) is 22.2. The summed E-state index contributed by atoms with van der Waals surface area (Å²) >= 11 is 0. The van der Waals surface area contributed by atoms with Gasteiger partial charge in [-0.15, -0.1) is 0 Å². The molecule has 6 nitrogen and oxygen atoms in total. The van der Waals surface area contributed by atoms with Gasteiger partial charge in [0.25, 0.3) is 11.2 Å². The lowest BCUT2D eigenvalue weighted by Gasteiger charge is -2.04. The number of benzene rings is 1. The first-order valence-corrected chi connectivity index (χ1v) is 5.97. The summed E-state index contributed by atoms with van der Waals surface area (Å²) in [6.45, 7) is 3.58. The van der Waals surface area contributed by atoms with Gasteiger partial charge >= 0.3 is 0 Å². The van der Waals surface area contributed by atoms with Gasteiger partial charge in [0.2, 0.25) is 0 Å². The highest BCUT2D eigenvalue weighted by atomic mass is 16.6. The van der Waals surface area contributed by atoms with Gasteiger partial charge in [0, 0.05) is 17.8 Å². The number of hydrogen-bond acceptors (Lipinski definition) is 4. The normalized spacial score (nSPS) is 10.9. The number of nitro groups is 1. The first-order chi connectivity index (χ1) is 9.49. The average molecular weight is 271 g/mol. The molecule has 0 radical (unpaired) electrons. The summed E-state index contributed by atoms with van der Waals surface area (Å²) < 4.78 is 1.21. The summed E-state index contributed by atoms with van der Waals surface area (Å²) in [6, 6.07) is 9.52. The topological polar surface area (TPSA) is 77.5 Å². The molecule has 0 bridgehead atoms. The SMILES string of the molecule is Cc1cc(C)n(N=Cc2ccccc2[N+](=O)[O-])c(=O)c1. The molecule has 2 aromatic rings. The van der Waals surface area contributed by atoms with Crippen LogP contribution in [-0.2, 0) is 0 Å². The Morgan fingerprint density at radius 1 is 1.25 bits per heavy atom. The number of aromatic nitrogens is 1. The Balaban J connectivity index is 2.46. The number of para-hydroxylation sites is 1. The molecule has 0 aliphatic rings. The van der Waals surface area contributed by atoms with E-state index in [9.17, 15) is 14.9 Å². The summed E-state index contributed by atoms with van der Waals surface area (Å²) in [6.07, 6.45) is 1.32. The number of rotatable bonds is 3. The molecule has 0 unspecified atom stereocenters. The quantitative estimate of drug-likeness (QED) is 0.488. The standard InChI is InChI=1S/C14H13N3O3/c1-10-7-11(2)16(14(18)8-10)15-9-12-5-3-4-6-13(12)17(19)20/h3-9H,1-2H3. The van der Waals surface area contributed by atoms with Crippen molar-refractivity contribution in [3.05, 3.63) is 73.7 Å². The average Bonchev–Trinajstić information content (AvgIpc) is 2.37. The smallest absolute Gasteiger partial charge is 0.267 e. The molecule has 0 N–H and O–H groups in total. The van der Waals surface area contributed by atoms with Gasteiger partial charge < -0.3 is 0 Å². The van der Waals surface area contributed by atoms with Crippen LogP contribution in [0.15, 0.2) is 46.3 Å². The van der Waals surface area contributed by atoms with Crippen molar-refractivity contribution in [2.75, 3.05) is 0 Å². The Hall–Kier alpha value is -2.76. The summed E-state index contributed by atoms with van der Waals surface area (Å²) in [7, 11) is 0.